The zero-order valence-electron chi connectivity index (χ0n) is 16.7. The molecule has 0 radical (unpaired) electrons. The fourth-order valence-corrected chi connectivity index (χ4v) is 6.37. The first-order valence-electron chi connectivity index (χ1n) is 9.06. The predicted octanol–water partition coefficient (Wildman–Crippen LogP) is 0.338. The van der Waals surface area contributed by atoms with Crippen LogP contribution in [0.25, 0.3) is 0 Å². The van der Waals surface area contributed by atoms with Gasteiger partial charge in [0.1, 0.15) is 16.4 Å². The van der Waals surface area contributed by atoms with E-state index in [1.165, 1.54) is 35.0 Å². The largest absolute Gasteiger partial charge is 0.497 e. The second-order valence-electron chi connectivity index (χ2n) is 6.69. The highest BCUT2D eigenvalue weighted by atomic mass is 32.2. The van der Waals surface area contributed by atoms with Crippen LogP contribution in [0.5, 0.6) is 11.5 Å². The van der Waals surface area contributed by atoms with Gasteiger partial charge < -0.3 is 14.8 Å². The maximum Gasteiger partial charge on any atom is 0.247 e. The average Bonchev–Trinajstić information content (AvgIpc) is 2.67. The van der Waals surface area contributed by atoms with E-state index in [1.54, 1.807) is 19.9 Å². The van der Waals surface area contributed by atoms with Crippen molar-refractivity contribution in [2.45, 2.75) is 24.8 Å². The van der Waals surface area contributed by atoms with Crippen molar-refractivity contribution in [1.82, 2.24) is 13.9 Å². The van der Waals surface area contributed by atoms with Crippen LogP contribution in [0.1, 0.15) is 13.8 Å². The summed E-state index contributed by atoms with van der Waals surface area (Å²) in [6, 6.07) is 4.07. The Hall–Kier alpha value is -1.40. The molecule has 1 aromatic carbocycles. The number of methoxy groups -OCH3 is 2. The minimum atomic E-state index is -4.00. The Morgan fingerprint density at radius 1 is 1.11 bits per heavy atom. The van der Waals surface area contributed by atoms with Gasteiger partial charge in [-0.2, -0.15) is 8.61 Å². The molecule has 1 N–H and O–H groups in total. The van der Waals surface area contributed by atoms with Crippen molar-refractivity contribution in [2.75, 3.05) is 52.7 Å². The summed E-state index contributed by atoms with van der Waals surface area (Å²) in [5.41, 5.74) is 0. The second kappa shape index (κ2) is 9.40. The Labute approximate surface area is 167 Å². The number of hydrogen-bond acceptors (Lipinski definition) is 7. The van der Waals surface area contributed by atoms with E-state index in [9.17, 15) is 16.8 Å². The highest BCUT2D eigenvalue weighted by molar-refractivity contribution is 7.90. The number of rotatable bonds is 9. The number of sulfonamides is 2. The van der Waals surface area contributed by atoms with Crippen LogP contribution in [0, 0.1) is 0 Å². The standard InChI is InChI=1S/C17H29N3O6S2/c1-14(2)20(11-12-27(21,22)19-9-7-18-8-10-19)28(23,24)17-13-15(25-3)5-6-16(17)26-4/h5-6,13-14,18H,7-12H2,1-4H3. The minimum absolute atomic E-state index is 0.0531. The van der Waals surface area contributed by atoms with E-state index >= 15 is 0 Å². The molecule has 1 heterocycles. The molecular weight excluding hydrogens is 406 g/mol. The zero-order valence-corrected chi connectivity index (χ0v) is 18.3. The molecule has 0 spiro atoms. The SMILES string of the molecule is COc1ccc(OC)c(S(=O)(=O)N(CCS(=O)(=O)N2CCNCC2)C(C)C)c1. The van der Waals surface area contributed by atoms with Crippen molar-refractivity contribution in [3.8, 4) is 11.5 Å². The highest BCUT2D eigenvalue weighted by Gasteiger charge is 2.33. The van der Waals surface area contributed by atoms with Crippen LogP contribution in [-0.2, 0) is 20.0 Å². The third kappa shape index (κ3) is 5.15. The van der Waals surface area contributed by atoms with Crippen molar-refractivity contribution >= 4 is 20.0 Å². The summed E-state index contributed by atoms with van der Waals surface area (Å²) in [6.45, 7) is 5.23. The number of benzene rings is 1. The molecule has 160 valence electrons. The lowest BCUT2D eigenvalue weighted by Gasteiger charge is -2.30. The first kappa shape index (κ1) is 22.9. The number of nitrogens with zero attached hydrogens (tertiary/aromatic N) is 2. The van der Waals surface area contributed by atoms with Crippen molar-refractivity contribution < 1.29 is 26.3 Å². The molecule has 9 nitrogen and oxygen atoms in total. The molecule has 0 aromatic heterocycles. The Balaban J connectivity index is 2.30. The summed E-state index contributed by atoms with van der Waals surface area (Å²) < 4.78 is 64.8. The fourth-order valence-electron chi connectivity index (χ4n) is 3.02. The monoisotopic (exact) mass is 435 g/mol. The molecule has 0 amide bonds. The summed E-state index contributed by atoms with van der Waals surface area (Å²) in [5, 5.41) is 3.10. The molecule has 1 saturated heterocycles. The van der Waals surface area contributed by atoms with Crippen LogP contribution in [0.15, 0.2) is 23.1 Å². The molecule has 0 bridgehead atoms. The van der Waals surface area contributed by atoms with E-state index in [0.717, 1.165) is 0 Å². The predicted molar refractivity (Wildman–Crippen MR) is 107 cm³/mol. The van der Waals surface area contributed by atoms with Crippen LogP contribution >= 0.6 is 0 Å². The third-order valence-electron chi connectivity index (χ3n) is 4.57. The van der Waals surface area contributed by atoms with Crippen LogP contribution < -0.4 is 14.8 Å². The number of ether oxygens (including phenoxy) is 2. The molecular formula is C17H29N3O6S2. The quantitative estimate of drug-likeness (QED) is 0.596. The number of hydrogen-bond donors (Lipinski definition) is 1. The fraction of sp³-hybridized carbons (Fsp3) is 0.647. The normalized spacial score (nSPS) is 16.5. The van der Waals surface area contributed by atoms with Crippen molar-refractivity contribution in [3.63, 3.8) is 0 Å². The van der Waals surface area contributed by atoms with E-state index in [1.807, 2.05) is 0 Å². The summed E-state index contributed by atoms with van der Waals surface area (Å²) in [7, 11) is -4.72. The van der Waals surface area contributed by atoms with E-state index in [2.05, 4.69) is 5.32 Å². The van der Waals surface area contributed by atoms with Crippen molar-refractivity contribution in [2.24, 2.45) is 0 Å². The summed E-state index contributed by atoms with van der Waals surface area (Å²) in [5.74, 6) is 0.268. The van der Waals surface area contributed by atoms with Gasteiger partial charge in [-0.05, 0) is 26.0 Å². The Morgan fingerprint density at radius 2 is 1.75 bits per heavy atom. The summed E-state index contributed by atoms with van der Waals surface area (Å²) in [6.07, 6.45) is 0. The Morgan fingerprint density at radius 3 is 2.29 bits per heavy atom. The van der Waals surface area contributed by atoms with Crippen LogP contribution in [0.4, 0.5) is 0 Å². The summed E-state index contributed by atoms with van der Waals surface area (Å²) in [4.78, 5) is -0.0531. The van der Waals surface area contributed by atoms with Gasteiger partial charge in [0.25, 0.3) is 0 Å². The summed E-state index contributed by atoms with van der Waals surface area (Å²) >= 11 is 0. The van der Waals surface area contributed by atoms with Gasteiger partial charge in [-0.3, -0.25) is 0 Å². The van der Waals surface area contributed by atoms with Gasteiger partial charge in [0.2, 0.25) is 20.0 Å². The van der Waals surface area contributed by atoms with Gasteiger partial charge in [0.15, 0.2) is 0 Å². The third-order valence-corrected chi connectivity index (χ3v) is 8.52. The molecule has 1 aliphatic heterocycles. The molecule has 0 aliphatic carbocycles. The molecule has 0 unspecified atom stereocenters. The molecule has 0 atom stereocenters. The van der Waals surface area contributed by atoms with E-state index in [-0.39, 0.29) is 22.9 Å². The smallest absolute Gasteiger partial charge is 0.247 e. The maximum atomic E-state index is 13.3. The zero-order chi connectivity index (χ0) is 20.9. The van der Waals surface area contributed by atoms with Crippen LogP contribution in [0.3, 0.4) is 0 Å². The molecule has 11 heteroatoms. The lowest BCUT2D eigenvalue weighted by atomic mass is 10.3. The van der Waals surface area contributed by atoms with Gasteiger partial charge in [-0.1, -0.05) is 0 Å². The minimum Gasteiger partial charge on any atom is -0.497 e. The van der Waals surface area contributed by atoms with Gasteiger partial charge >= 0.3 is 0 Å². The lowest BCUT2D eigenvalue weighted by Crippen LogP contribution is -2.49. The highest BCUT2D eigenvalue weighted by Crippen LogP contribution is 2.31. The lowest BCUT2D eigenvalue weighted by molar-refractivity contribution is 0.344. The van der Waals surface area contributed by atoms with E-state index in [0.29, 0.717) is 31.9 Å². The second-order valence-corrected chi connectivity index (χ2v) is 10.6. The average molecular weight is 436 g/mol. The Kier molecular flexibility index (Phi) is 7.68. The number of nitrogens with one attached hydrogen (secondary N) is 1. The van der Waals surface area contributed by atoms with Gasteiger partial charge in [-0.25, -0.2) is 16.8 Å². The van der Waals surface area contributed by atoms with Crippen molar-refractivity contribution in [3.05, 3.63) is 18.2 Å². The van der Waals surface area contributed by atoms with E-state index in [4.69, 9.17) is 9.47 Å². The number of piperazine rings is 1. The first-order chi connectivity index (χ1) is 13.1. The van der Waals surface area contributed by atoms with Crippen molar-refractivity contribution in [1.29, 1.82) is 0 Å². The topological polar surface area (TPSA) is 105 Å². The molecule has 1 fully saturated rings. The van der Waals surface area contributed by atoms with E-state index < -0.39 is 26.1 Å². The first-order valence-corrected chi connectivity index (χ1v) is 12.1. The van der Waals surface area contributed by atoms with Crippen LogP contribution in [-0.4, -0.2) is 84.2 Å². The van der Waals surface area contributed by atoms with Gasteiger partial charge in [0, 0.05) is 44.8 Å². The van der Waals surface area contributed by atoms with Crippen LogP contribution in [0.2, 0.25) is 0 Å². The van der Waals surface area contributed by atoms with Gasteiger partial charge in [0.05, 0.1) is 20.0 Å². The maximum absolute atomic E-state index is 13.3. The Bertz CT molecular complexity index is 865. The van der Waals surface area contributed by atoms with Gasteiger partial charge in [-0.15, -0.1) is 0 Å². The molecule has 2 rings (SSSR count). The molecule has 1 aliphatic rings. The molecule has 0 saturated carbocycles. The molecule has 28 heavy (non-hydrogen) atoms. The molecule has 1 aromatic rings.